The maximum Gasteiger partial charge on any atom is 0.223 e. The van der Waals surface area contributed by atoms with E-state index in [-0.39, 0.29) is 17.2 Å². The highest BCUT2D eigenvalue weighted by molar-refractivity contribution is 5.78. The molecule has 3 nitrogen and oxygen atoms in total. The van der Waals surface area contributed by atoms with Gasteiger partial charge in [-0.15, -0.1) is 0 Å². The first-order valence-electron chi connectivity index (χ1n) is 7.89. The number of amides is 1. The molecule has 0 aliphatic carbocycles. The largest absolute Gasteiger partial charge is 0.492 e. The predicted octanol–water partition coefficient (Wildman–Crippen LogP) is 3.92. The van der Waals surface area contributed by atoms with E-state index in [9.17, 15) is 4.79 Å². The summed E-state index contributed by atoms with van der Waals surface area (Å²) in [6.45, 7) is 11.7. The van der Waals surface area contributed by atoms with Gasteiger partial charge in [-0.2, -0.15) is 0 Å². The van der Waals surface area contributed by atoms with E-state index in [0.717, 1.165) is 18.6 Å². The van der Waals surface area contributed by atoms with Crippen LogP contribution < -0.4 is 10.1 Å². The molecule has 0 aliphatic heterocycles. The zero-order valence-corrected chi connectivity index (χ0v) is 14.0. The van der Waals surface area contributed by atoms with Gasteiger partial charge < -0.3 is 10.1 Å². The summed E-state index contributed by atoms with van der Waals surface area (Å²) in [6.07, 6.45) is 1.77. The molecule has 21 heavy (non-hydrogen) atoms. The fourth-order valence-electron chi connectivity index (χ4n) is 2.20. The van der Waals surface area contributed by atoms with Crippen molar-refractivity contribution in [3.8, 4) is 5.75 Å². The number of benzene rings is 1. The van der Waals surface area contributed by atoms with Crippen LogP contribution in [0.4, 0.5) is 0 Å². The second-order valence-corrected chi connectivity index (χ2v) is 6.43. The van der Waals surface area contributed by atoms with E-state index < -0.39 is 0 Å². The Kier molecular flexibility index (Phi) is 6.73. The Morgan fingerprint density at radius 2 is 1.71 bits per heavy atom. The standard InChI is InChI=1S/C18H29NO2/c1-6-14(7-2)17(20)19-12-13-21-16-10-8-15(9-11-16)18(3,4)5/h8-11,14H,6-7,12-13H2,1-5H3,(H,19,20). The summed E-state index contributed by atoms with van der Waals surface area (Å²) in [4.78, 5) is 11.8. The summed E-state index contributed by atoms with van der Waals surface area (Å²) in [5, 5.41) is 2.93. The molecule has 1 rings (SSSR count). The van der Waals surface area contributed by atoms with Crippen molar-refractivity contribution >= 4 is 5.91 Å². The van der Waals surface area contributed by atoms with Gasteiger partial charge in [0, 0.05) is 5.92 Å². The lowest BCUT2D eigenvalue weighted by atomic mass is 9.87. The molecule has 0 spiro atoms. The Balaban J connectivity index is 2.35. The van der Waals surface area contributed by atoms with Gasteiger partial charge in [0.2, 0.25) is 5.91 Å². The molecule has 0 bridgehead atoms. The molecule has 0 saturated heterocycles. The first-order chi connectivity index (χ1) is 9.88. The van der Waals surface area contributed by atoms with Gasteiger partial charge in [0.15, 0.2) is 0 Å². The predicted molar refractivity (Wildman–Crippen MR) is 87.7 cm³/mol. The van der Waals surface area contributed by atoms with Gasteiger partial charge in [-0.1, -0.05) is 46.8 Å². The van der Waals surface area contributed by atoms with Crippen LogP contribution in [0.2, 0.25) is 0 Å². The highest BCUT2D eigenvalue weighted by Crippen LogP contribution is 2.24. The zero-order valence-electron chi connectivity index (χ0n) is 14.0. The number of carbonyl (C=O) groups excluding carboxylic acids is 1. The van der Waals surface area contributed by atoms with Crippen LogP contribution in [-0.4, -0.2) is 19.1 Å². The van der Waals surface area contributed by atoms with E-state index in [0.29, 0.717) is 13.2 Å². The zero-order chi connectivity index (χ0) is 15.9. The lowest BCUT2D eigenvalue weighted by Crippen LogP contribution is -2.33. The van der Waals surface area contributed by atoms with Crippen LogP contribution in [0.25, 0.3) is 0 Å². The van der Waals surface area contributed by atoms with Gasteiger partial charge >= 0.3 is 0 Å². The third-order valence-electron chi connectivity index (χ3n) is 3.75. The Morgan fingerprint density at radius 3 is 2.19 bits per heavy atom. The van der Waals surface area contributed by atoms with Crippen molar-refractivity contribution in [2.45, 2.75) is 52.9 Å². The van der Waals surface area contributed by atoms with E-state index in [4.69, 9.17) is 4.74 Å². The minimum atomic E-state index is 0.121. The highest BCUT2D eigenvalue weighted by Gasteiger charge is 2.14. The van der Waals surface area contributed by atoms with Crippen molar-refractivity contribution in [2.24, 2.45) is 5.92 Å². The summed E-state index contributed by atoms with van der Waals surface area (Å²) < 4.78 is 5.66. The molecule has 0 saturated carbocycles. The Morgan fingerprint density at radius 1 is 1.14 bits per heavy atom. The van der Waals surface area contributed by atoms with Crippen LogP contribution in [0.15, 0.2) is 24.3 Å². The maximum atomic E-state index is 11.8. The molecule has 1 amide bonds. The Bertz CT molecular complexity index is 428. The van der Waals surface area contributed by atoms with Crippen LogP contribution in [0.3, 0.4) is 0 Å². The van der Waals surface area contributed by atoms with Crippen LogP contribution >= 0.6 is 0 Å². The van der Waals surface area contributed by atoms with Crippen LogP contribution in [-0.2, 0) is 10.2 Å². The molecule has 0 aromatic heterocycles. The molecule has 3 heteroatoms. The Labute approximate surface area is 129 Å². The summed E-state index contributed by atoms with van der Waals surface area (Å²) in [5.41, 5.74) is 1.44. The first-order valence-corrected chi connectivity index (χ1v) is 7.89. The van der Waals surface area contributed by atoms with Crippen LogP contribution in [0.1, 0.15) is 53.0 Å². The smallest absolute Gasteiger partial charge is 0.223 e. The van der Waals surface area contributed by atoms with Crippen molar-refractivity contribution < 1.29 is 9.53 Å². The van der Waals surface area contributed by atoms with Gasteiger partial charge in [0.05, 0.1) is 6.54 Å². The average molecular weight is 291 g/mol. The number of ether oxygens (including phenoxy) is 1. The van der Waals surface area contributed by atoms with E-state index in [1.165, 1.54) is 5.56 Å². The molecule has 1 N–H and O–H groups in total. The van der Waals surface area contributed by atoms with Gasteiger partial charge in [0.25, 0.3) is 0 Å². The van der Waals surface area contributed by atoms with Gasteiger partial charge in [-0.3, -0.25) is 4.79 Å². The number of hydrogen-bond donors (Lipinski definition) is 1. The Hall–Kier alpha value is -1.51. The molecule has 0 fully saturated rings. The maximum absolute atomic E-state index is 11.8. The monoisotopic (exact) mass is 291 g/mol. The van der Waals surface area contributed by atoms with Crippen LogP contribution in [0, 0.1) is 5.92 Å². The van der Waals surface area contributed by atoms with Crippen LogP contribution in [0.5, 0.6) is 5.75 Å². The number of nitrogens with one attached hydrogen (secondary N) is 1. The molecular weight excluding hydrogens is 262 g/mol. The van der Waals surface area contributed by atoms with Crippen molar-refractivity contribution in [1.82, 2.24) is 5.32 Å². The van der Waals surface area contributed by atoms with Crippen molar-refractivity contribution in [3.63, 3.8) is 0 Å². The highest BCUT2D eigenvalue weighted by atomic mass is 16.5. The van der Waals surface area contributed by atoms with E-state index in [2.05, 4.69) is 38.2 Å². The second kappa shape index (κ2) is 8.06. The van der Waals surface area contributed by atoms with E-state index >= 15 is 0 Å². The molecule has 1 aromatic rings. The number of hydrogen-bond acceptors (Lipinski definition) is 2. The number of rotatable bonds is 7. The number of carbonyl (C=O) groups is 1. The lowest BCUT2D eigenvalue weighted by molar-refractivity contribution is -0.125. The minimum Gasteiger partial charge on any atom is -0.492 e. The van der Waals surface area contributed by atoms with Crippen molar-refractivity contribution in [2.75, 3.05) is 13.2 Å². The molecule has 0 aliphatic rings. The SMILES string of the molecule is CCC(CC)C(=O)NCCOc1ccc(C(C)(C)C)cc1. The normalized spacial score (nSPS) is 11.5. The topological polar surface area (TPSA) is 38.3 Å². The second-order valence-electron chi connectivity index (χ2n) is 6.43. The van der Waals surface area contributed by atoms with Gasteiger partial charge in [0.1, 0.15) is 12.4 Å². The third-order valence-corrected chi connectivity index (χ3v) is 3.75. The average Bonchev–Trinajstić information content (AvgIpc) is 2.44. The fraction of sp³-hybridized carbons (Fsp3) is 0.611. The van der Waals surface area contributed by atoms with E-state index in [1.54, 1.807) is 0 Å². The lowest BCUT2D eigenvalue weighted by Gasteiger charge is -2.19. The minimum absolute atomic E-state index is 0.121. The van der Waals surface area contributed by atoms with Crippen molar-refractivity contribution in [3.05, 3.63) is 29.8 Å². The van der Waals surface area contributed by atoms with Gasteiger partial charge in [-0.25, -0.2) is 0 Å². The molecule has 0 heterocycles. The molecule has 118 valence electrons. The quantitative estimate of drug-likeness (QED) is 0.773. The molecule has 1 aromatic carbocycles. The molecule has 0 unspecified atom stereocenters. The van der Waals surface area contributed by atoms with Gasteiger partial charge in [-0.05, 0) is 36.0 Å². The third kappa shape index (κ3) is 5.78. The first kappa shape index (κ1) is 17.5. The summed E-state index contributed by atoms with van der Waals surface area (Å²) >= 11 is 0. The molecule has 0 radical (unpaired) electrons. The summed E-state index contributed by atoms with van der Waals surface area (Å²) in [7, 11) is 0. The molecular formula is C18H29NO2. The van der Waals surface area contributed by atoms with Crippen molar-refractivity contribution in [1.29, 1.82) is 0 Å². The molecule has 0 atom stereocenters. The van der Waals surface area contributed by atoms with E-state index in [1.807, 2.05) is 26.0 Å². The fourth-order valence-corrected chi connectivity index (χ4v) is 2.20. The summed E-state index contributed by atoms with van der Waals surface area (Å²) in [6, 6.07) is 8.17. The summed E-state index contributed by atoms with van der Waals surface area (Å²) in [5.74, 6) is 1.10.